The van der Waals surface area contributed by atoms with E-state index in [-0.39, 0.29) is 9.92 Å². The molecule has 1 aromatic rings. The zero-order chi connectivity index (χ0) is 15.7. The van der Waals surface area contributed by atoms with Crippen LogP contribution in [0.3, 0.4) is 0 Å². The molecule has 2 aliphatic rings. The molecule has 0 aliphatic carbocycles. The number of nitrogens with one attached hydrogen (secondary N) is 1. The lowest BCUT2D eigenvalue weighted by Gasteiger charge is -2.34. The molecule has 1 unspecified atom stereocenters. The minimum Gasteiger partial charge on any atom is -0.314 e. The molecular weight excluding hydrogens is 327 g/mol. The van der Waals surface area contributed by atoms with Gasteiger partial charge in [0, 0.05) is 19.1 Å². The van der Waals surface area contributed by atoms with Crippen molar-refractivity contribution < 1.29 is 12.8 Å². The third-order valence-electron chi connectivity index (χ3n) is 4.68. The molecule has 4 nitrogen and oxygen atoms in total. The maximum atomic E-state index is 13.1. The van der Waals surface area contributed by atoms with Crippen LogP contribution in [-0.2, 0) is 10.0 Å². The van der Waals surface area contributed by atoms with Gasteiger partial charge in [0.1, 0.15) is 10.7 Å². The first-order chi connectivity index (χ1) is 10.5. The van der Waals surface area contributed by atoms with Crippen molar-refractivity contribution in [1.82, 2.24) is 9.62 Å². The van der Waals surface area contributed by atoms with Gasteiger partial charge in [-0.2, -0.15) is 4.31 Å². The van der Waals surface area contributed by atoms with Crippen LogP contribution in [0.2, 0.25) is 5.02 Å². The number of rotatable bonds is 3. The monoisotopic (exact) mass is 346 g/mol. The lowest BCUT2D eigenvalue weighted by atomic mass is 9.89. The number of hydrogen-bond acceptors (Lipinski definition) is 3. The Morgan fingerprint density at radius 1 is 1.23 bits per heavy atom. The highest BCUT2D eigenvalue weighted by molar-refractivity contribution is 7.89. The summed E-state index contributed by atoms with van der Waals surface area (Å²) in [6.07, 6.45) is 4.10. The lowest BCUT2D eigenvalue weighted by Crippen LogP contribution is -2.43. The Morgan fingerprint density at radius 2 is 1.95 bits per heavy atom. The van der Waals surface area contributed by atoms with Gasteiger partial charge in [0.15, 0.2) is 0 Å². The summed E-state index contributed by atoms with van der Waals surface area (Å²) in [7, 11) is -3.64. The SMILES string of the molecule is O=S(=O)(c1ccc(F)cc1Cl)N1CCC(C2CCCN2)CC1. The highest BCUT2D eigenvalue weighted by Crippen LogP contribution is 2.31. The Balaban J connectivity index is 1.71. The smallest absolute Gasteiger partial charge is 0.244 e. The van der Waals surface area contributed by atoms with Crippen LogP contribution in [0.25, 0.3) is 0 Å². The minimum absolute atomic E-state index is 0.00647. The van der Waals surface area contributed by atoms with E-state index < -0.39 is 15.8 Å². The fourth-order valence-corrected chi connectivity index (χ4v) is 5.43. The average molecular weight is 347 g/mol. The third kappa shape index (κ3) is 3.15. The molecule has 2 fully saturated rings. The molecule has 0 amide bonds. The van der Waals surface area contributed by atoms with Crippen LogP contribution in [0.5, 0.6) is 0 Å². The summed E-state index contributed by atoms with van der Waals surface area (Å²) in [6, 6.07) is 3.95. The van der Waals surface area contributed by atoms with Gasteiger partial charge >= 0.3 is 0 Å². The Hall–Kier alpha value is -0.690. The predicted molar refractivity (Wildman–Crippen MR) is 83.9 cm³/mol. The molecule has 1 N–H and O–H groups in total. The number of nitrogens with zero attached hydrogens (tertiary/aromatic N) is 1. The van der Waals surface area contributed by atoms with Gasteiger partial charge in [-0.15, -0.1) is 0 Å². The maximum Gasteiger partial charge on any atom is 0.244 e. The molecule has 0 aromatic heterocycles. The fourth-order valence-electron chi connectivity index (χ4n) is 3.46. The first-order valence-electron chi connectivity index (χ1n) is 7.67. The molecule has 0 spiro atoms. The van der Waals surface area contributed by atoms with Crippen molar-refractivity contribution in [2.75, 3.05) is 19.6 Å². The van der Waals surface area contributed by atoms with E-state index in [1.807, 2.05) is 0 Å². The molecule has 2 saturated heterocycles. The van der Waals surface area contributed by atoms with E-state index in [4.69, 9.17) is 11.6 Å². The van der Waals surface area contributed by atoms with Crippen LogP contribution in [0, 0.1) is 11.7 Å². The van der Waals surface area contributed by atoms with E-state index in [9.17, 15) is 12.8 Å². The number of sulfonamides is 1. The van der Waals surface area contributed by atoms with Gasteiger partial charge in [-0.05, 0) is 56.3 Å². The quantitative estimate of drug-likeness (QED) is 0.915. The van der Waals surface area contributed by atoms with Crippen molar-refractivity contribution in [3.63, 3.8) is 0 Å². The van der Waals surface area contributed by atoms with Crippen LogP contribution >= 0.6 is 11.6 Å². The third-order valence-corrected chi connectivity index (χ3v) is 7.06. The number of benzene rings is 1. The fraction of sp³-hybridized carbons (Fsp3) is 0.600. The molecule has 22 heavy (non-hydrogen) atoms. The van der Waals surface area contributed by atoms with Crippen LogP contribution < -0.4 is 5.32 Å². The first-order valence-corrected chi connectivity index (χ1v) is 9.49. The van der Waals surface area contributed by atoms with E-state index in [0.29, 0.717) is 25.0 Å². The Morgan fingerprint density at radius 3 is 2.55 bits per heavy atom. The van der Waals surface area contributed by atoms with Crippen LogP contribution in [-0.4, -0.2) is 38.4 Å². The van der Waals surface area contributed by atoms with Crippen molar-refractivity contribution in [1.29, 1.82) is 0 Å². The Labute approximate surface area is 135 Å². The van der Waals surface area contributed by atoms with Gasteiger partial charge in [0.2, 0.25) is 10.0 Å². The van der Waals surface area contributed by atoms with E-state index in [1.165, 1.54) is 23.2 Å². The molecular formula is C15H20ClFN2O2S. The predicted octanol–water partition coefficient (Wildman–Crippen LogP) is 2.63. The normalized spacial score (nSPS) is 24.7. The van der Waals surface area contributed by atoms with Crippen LogP contribution in [0.4, 0.5) is 4.39 Å². The second-order valence-corrected chi connectivity index (χ2v) is 8.33. The van der Waals surface area contributed by atoms with Crippen molar-refractivity contribution >= 4 is 21.6 Å². The van der Waals surface area contributed by atoms with Crippen molar-refractivity contribution in [2.24, 2.45) is 5.92 Å². The number of halogens is 2. The molecule has 0 bridgehead atoms. The molecule has 122 valence electrons. The number of hydrogen-bond donors (Lipinski definition) is 1. The van der Waals surface area contributed by atoms with Crippen molar-refractivity contribution in [2.45, 2.75) is 36.6 Å². The zero-order valence-electron chi connectivity index (χ0n) is 12.3. The van der Waals surface area contributed by atoms with E-state index in [0.717, 1.165) is 31.5 Å². The molecule has 2 heterocycles. The van der Waals surface area contributed by atoms with E-state index in [2.05, 4.69) is 5.32 Å². The summed E-state index contributed by atoms with van der Waals surface area (Å²) in [5, 5.41) is 3.44. The second-order valence-electron chi connectivity index (χ2n) is 6.02. The van der Waals surface area contributed by atoms with Crippen molar-refractivity contribution in [3.05, 3.63) is 29.0 Å². The summed E-state index contributed by atoms with van der Waals surface area (Å²) in [6.45, 7) is 2.06. The second kappa shape index (κ2) is 6.43. The average Bonchev–Trinajstić information content (AvgIpc) is 3.01. The topological polar surface area (TPSA) is 49.4 Å². The van der Waals surface area contributed by atoms with Gasteiger partial charge in [-0.25, -0.2) is 12.8 Å². The molecule has 1 aromatic carbocycles. The highest BCUT2D eigenvalue weighted by Gasteiger charge is 2.34. The summed E-state index contributed by atoms with van der Waals surface area (Å²) in [5.41, 5.74) is 0. The van der Waals surface area contributed by atoms with Gasteiger partial charge < -0.3 is 5.32 Å². The molecule has 2 aliphatic heterocycles. The standard InChI is InChI=1S/C15H20ClFN2O2S/c16-13-10-12(17)3-4-15(13)22(20,21)19-8-5-11(6-9-19)14-2-1-7-18-14/h3-4,10-11,14,18H,1-2,5-9H2. The Kier molecular flexibility index (Phi) is 4.73. The minimum atomic E-state index is -3.64. The van der Waals surface area contributed by atoms with E-state index in [1.54, 1.807) is 0 Å². The highest BCUT2D eigenvalue weighted by atomic mass is 35.5. The largest absolute Gasteiger partial charge is 0.314 e. The summed E-state index contributed by atoms with van der Waals surface area (Å²) in [5.74, 6) is 0.00704. The van der Waals surface area contributed by atoms with Gasteiger partial charge in [0.05, 0.1) is 5.02 Å². The molecule has 0 radical (unpaired) electrons. The summed E-state index contributed by atoms with van der Waals surface area (Å²) >= 11 is 5.91. The lowest BCUT2D eigenvalue weighted by molar-refractivity contribution is 0.234. The van der Waals surface area contributed by atoms with Crippen LogP contribution in [0.15, 0.2) is 23.1 Å². The van der Waals surface area contributed by atoms with Gasteiger partial charge in [0.25, 0.3) is 0 Å². The molecule has 1 atom stereocenters. The van der Waals surface area contributed by atoms with E-state index >= 15 is 0 Å². The van der Waals surface area contributed by atoms with Gasteiger partial charge in [-0.1, -0.05) is 11.6 Å². The van der Waals surface area contributed by atoms with Crippen LogP contribution in [0.1, 0.15) is 25.7 Å². The molecule has 3 rings (SSSR count). The first kappa shape index (κ1) is 16.2. The van der Waals surface area contributed by atoms with Gasteiger partial charge in [-0.3, -0.25) is 0 Å². The maximum absolute atomic E-state index is 13.1. The molecule has 7 heteroatoms. The summed E-state index contributed by atoms with van der Waals surface area (Å²) in [4.78, 5) is -0.00647. The van der Waals surface area contributed by atoms with Crippen molar-refractivity contribution in [3.8, 4) is 0 Å². The summed E-state index contributed by atoms with van der Waals surface area (Å²) < 4.78 is 39.9. The zero-order valence-corrected chi connectivity index (χ0v) is 13.8. The molecule has 0 saturated carbocycles. The Bertz CT molecular complexity index is 639. The number of piperidine rings is 1.